The van der Waals surface area contributed by atoms with Crippen LogP contribution in [0.15, 0.2) is 59.5 Å². The molecule has 0 spiro atoms. The van der Waals surface area contributed by atoms with E-state index in [0.29, 0.717) is 6.54 Å². The highest BCUT2D eigenvalue weighted by atomic mass is 32.2. The van der Waals surface area contributed by atoms with Gasteiger partial charge in [0, 0.05) is 12.6 Å². The molecule has 0 radical (unpaired) electrons. The Morgan fingerprint density at radius 2 is 1.69 bits per heavy atom. The summed E-state index contributed by atoms with van der Waals surface area (Å²) in [7, 11) is -5.57. The highest BCUT2D eigenvalue weighted by Crippen LogP contribution is 2.26. The molecule has 1 N–H and O–H groups in total. The third kappa shape index (κ3) is 4.08. The monoisotopic (exact) mass is 395 g/mol. The maximum absolute atomic E-state index is 12.9. The summed E-state index contributed by atoms with van der Waals surface area (Å²) in [6.07, 6.45) is 0. The quantitative estimate of drug-likeness (QED) is 0.796. The van der Waals surface area contributed by atoms with Crippen LogP contribution in [0.1, 0.15) is 5.56 Å². The first-order chi connectivity index (χ1) is 12.3. The van der Waals surface area contributed by atoms with E-state index in [2.05, 4.69) is 5.32 Å². The summed E-state index contributed by atoms with van der Waals surface area (Å²) in [5, 5.41) is 2.13. The molecule has 1 aliphatic heterocycles. The molecule has 0 aliphatic carbocycles. The van der Waals surface area contributed by atoms with E-state index in [9.17, 15) is 16.8 Å². The molecule has 8 heteroatoms. The second-order valence-corrected chi connectivity index (χ2v) is 10.6. The van der Waals surface area contributed by atoms with Crippen molar-refractivity contribution in [3.63, 3.8) is 0 Å². The number of hydrogen-bond acceptors (Lipinski definition) is 6. The van der Waals surface area contributed by atoms with Gasteiger partial charge in [0.05, 0.1) is 28.8 Å². The highest BCUT2D eigenvalue weighted by Gasteiger charge is 2.45. The van der Waals surface area contributed by atoms with E-state index in [1.54, 1.807) is 37.4 Å². The Labute approximate surface area is 154 Å². The van der Waals surface area contributed by atoms with Crippen LogP contribution in [0.3, 0.4) is 0 Å². The molecule has 0 bridgehead atoms. The van der Waals surface area contributed by atoms with Gasteiger partial charge in [0.15, 0.2) is 19.7 Å². The molecule has 0 aromatic heterocycles. The highest BCUT2D eigenvalue weighted by molar-refractivity contribution is 7.96. The molecule has 140 valence electrons. The van der Waals surface area contributed by atoms with E-state index in [1.807, 2.05) is 12.1 Å². The van der Waals surface area contributed by atoms with E-state index >= 15 is 0 Å². The van der Waals surface area contributed by atoms with Crippen LogP contribution in [0.5, 0.6) is 5.75 Å². The largest absolute Gasteiger partial charge is 0.497 e. The fourth-order valence-corrected chi connectivity index (χ4v) is 7.83. The molecule has 0 saturated carbocycles. The molecule has 2 unspecified atom stereocenters. The average Bonchev–Trinajstić information content (AvgIpc) is 2.96. The van der Waals surface area contributed by atoms with Crippen LogP contribution >= 0.6 is 0 Å². The van der Waals surface area contributed by atoms with Crippen LogP contribution in [0, 0.1) is 0 Å². The van der Waals surface area contributed by atoms with Crippen LogP contribution in [-0.4, -0.2) is 46.7 Å². The van der Waals surface area contributed by atoms with Crippen LogP contribution < -0.4 is 10.1 Å². The zero-order chi connectivity index (χ0) is 18.8. The lowest BCUT2D eigenvalue weighted by molar-refractivity contribution is 0.414. The normalized spacial score (nSPS) is 22.2. The van der Waals surface area contributed by atoms with Crippen LogP contribution in [0.4, 0.5) is 0 Å². The van der Waals surface area contributed by atoms with E-state index in [0.717, 1.165) is 11.3 Å². The maximum atomic E-state index is 12.9. The zero-order valence-corrected chi connectivity index (χ0v) is 16.0. The Morgan fingerprint density at radius 3 is 2.31 bits per heavy atom. The molecule has 2 aromatic rings. The second kappa shape index (κ2) is 7.38. The van der Waals surface area contributed by atoms with Crippen molar-refractivity contribution in [2.24, 2.45) is 0 Å². The third-order valence-corrected chi connectivity index (χ3v) is 8.66. The summed E-state index contributed by atoms with van der Waals surface area (Å²) in [5.41, 5.74) is 0.922. The molecule has 3 rings (SSSR count). The summed E-state index contributed by atoms with van der Waals surface area (Å²) in [6.45, 7) is 0.380. The van der Waals surface area contributed by atoms with Crippen LogP contribution in [0.2, 0.25) is 0 Å². The SMILES string of the molecule is COc1ccc(CNC2CS(=O)(=O)CC2S(=O)(=O)c2ccccc2)cc1. The number of benzene rings is 2. The number of sulfone groups is 2. The Balaban J connectivity index is 1.80. The molecule has 1 aliphatic rings. The lowest BCUT2D eigenvalue weighted by atomic mass is 10.2. The van der Waals surface area contributed by atoms with Crippen molar-refractivity contribution in [3.05, 3.63) is 60.2 Å². The Hall–Kier alpha value is -1.90. The van der Waals surface area contributed by atoms with Crippen molar-refractivity contribution in [1.29, 1.82) is 0 Å². The predicted octanol–water partition coefficient (Wildman–Crippen LogP) is 1.42. The van der Waals surface area contributed by atoms with Gasteiger partial charge in [0.2, 0.25) is 0 Å². The van der Waals surface area contributed by atoms with E-state index < -0.39 is 31.0 Å². The van der Waals surface area contributed by atoms with Crippen molar-refractivity contribution >= 4 is 19.7 Å². The van der Waals surface area contributed by atoms with Gasteiger partial charge < -0.3 is 10.1 Å². The summed E-state index contributed by atoms with van der Waals surface area (Å²) in [4.78, 5) is 0.151. The molecule has 1 fully saturated rings. The molecular formula is C18H21NO5S2. The summed E-state index contributed by atoms with van der Waals surface area (Å²) in [5.74, 6) is 0.187. The average molecular weight is 396 g/mol. The fourth-order valence-electron chi connectivity index (χ4n) is 3.09. The van der Waals surface area contributed by atoms with Crippen molar-refractivity contribution in [2.75, 3.05) is 18.6 Å². The third-order valence-electron chi connectivity index (χ3n) is 4.50. The standard InChI is InChI=1S/C18H21NO5S2/c1-24-15-9-7-14(8-10-15)11-19-17-12-25(20,21)13-18(17)26(22,23)16-5-3-2-4-6-16/h2-10,17-19H,11-13H2,1H3. The summed E-state index contributed by atoms with van der Waals surface area (Å²) in [6, 6.07) is 14.7. The zero-order valence-electron chi connectivity index (χ0n) is 14.3. The van der Waals surface area contributed by atoms with Crippen molar-refractivity contribution in [2.45, 2.75) is 22.7 Å². The topological polar surface area (TPSA) is 89.5 Å². The van der Waals surface area contributed by atoms with E-state index in [4.69, 9.17) is 4.74 Å². The predicted molar refractivity (Wildman–Crippen MR) is 99.7 cm³/mol. The van der Waals surface area contributed by atoms with Gasteiger partial charge in [0.25, 0.3) is 0 Å². The van der Waals surface area contributed by atoms with Crippen LogP contribution in [-0.2, 0) is 26.2 Å². The first kappa shape index (κ1) is 18.9. The van der Waals surface area contributed by atoms with Gasteiger partial charge >= 0.3 is 0 Å². The minimum atomic E-state index is -3.74. The summed E-state index contributed by atoms with van der Waals surface area (Å²) < 4.78 is 55.1. The minimum Gasteiger partial charge on any atom is -0.497 e. The summed E-state index contributed by atoms with van der Waals surface area (Å²) >= 11 is 0. The van der Waals surface area contributed by atoms with Gasteiger partial charge in [-0.15, -0.1) is 0 Å². The number of ether oxygens (including phenoxy) is 1. The van der Waals surface area contributed by atoms with Crippen molar-refractivity contribution < 1.29 is 21.6 Å². The van der Waals surface area contributed by atoms with Crippen molar-refractivity contribution in [1.82, 2.24) is 5.32 Å². The lowest BCUT2D eigenvalue weighted by Gasteiger charge is -2.20. The number of hydrogen-bond donors (Lipinski definition) is 1. The Bertz CT molecular complexity index is 954. The molecular weight excluding hydrogens is 374 g/mol. The molecule has 2 atom stereocenters. The van der Waals surface area contributed by atoms with Gasteiger partial charge in [-0.05, 0) is 29.8 Å². The van der Waals surface area contributed by atoms with Gasteiger partial charge in [-0.2, -0.15) is 0 Å². The molecule has 6 nitrogen and oxygen atoms in total. The first-order valence-electron chi connectivity index (χ1n) is 8.17. The number of nitrogens with one attached hydrogen (secondary N) is 1. The van der Waals surface area contributed by atoms with Crippen LogP contribution in [0.25, 0.3) is 0 Å². The van der Waals surface area contributed by atoms with Gasteiger partial charge in [-0.3, -0.25) is 0 Å². The smallest absolute Gasteiger partial charge is 0.183 e. The molecule has 0 amide bonds. The molecule has 1 heterocycles. The second-order valence-electron chi connectivity index (χ2n) is 6.31. The van der Waals surface area contributed by atoms with E-state index in [1.165, 1.54) is 12.1 Å². The number of rotatable bonds is 6. The van der Waals surface area contributed by atoms with Gasteiger partial charge in [-0.25, -0.2) is 16.8 Å². The van der Waals surface area contributed by atoms with E-state index in [-0.39, 0.29) is 16.4 Å². The Morgan fingerprint density at radius 1 is 1.04 bits per heavy atom. The maximum Gasteiger partial charge on any atom is 0.183 e. The lowest BCUT2D eigenvalue weighted by Crippen LogP contribution is -2.43. The van der Waals surface area contributed by atoms with Gasteiger partial charge in [0.1, 0.15) is 5.75 Å². The molecule has 2 aromatic carbocycles. The minimum absolute atomic E-state index is 0.151. The number of methoxy groups -OCH3 is 1. The molecule has 26 heavy (non-hydrogen) atoms. The van der Waals surface area contributed by atoms with Crippen molar-refractivity contribution in [3.8, 4) is 5.75 Å². The first-order valence-corrected chi connectivity index (χ1v) is 11.5. The van der Waals surface area contributed by atoms with Gasteiger partial charge in [-0.1, -0.05) is 30.3 Å². The Kier molecular flexibility index (Phi) is 5.36. The molecule has 1 saturated heterocycles. The fraction of sp³-hybridized carbons (Fsp3) is 0.333.